The van der Waals surface area contributed by atoms with Crippen LogP contribution in [-0.2, 0) is 0 Å². The highest BCUT2D eigenvalue weighted by molar-refractivity contribution is 8.29. The Bertz CT molecular complexity index is 223. The second-order valence-corrected chi connectivity index (χ2v) is 15.2. The number of unbranched alkanes of at least 4 members (excludes halogenated alkanes) is 1. The highest BCUT2D eigenvalue weighted by Gasteiger charge is 2.24. The molecule has 0 N–H and O–H groups in total. The van der Waals surface area contributed by atoms with Crippen LogP contribution in [0.2, 0.25) is 19.6 Å². The van der Waals surface area contributed by atoms with Crippen LogP contribution in [-0.4, -0.2) is 24.7 Å². The molecule has 1 aliphatic carbocycles. The van der Waals surface area contributed by atoms with Gasteiger partial charge in [0, 0.05) is 12.3 Å². The summed E-state index contributed by atoms with van der Waals surface area (Å²) in [7, 11) is -0.921. The van der Waals surface area contributed by atoms with Gasteiger partial charge in [-0.1, -0.05) is 33.0 Å². The van der Waals surface area contributed by atoms with Crippen molar-refractivity contribution in [2.75, 3.05) is 6.54 Å². The van der Waals surface area contributed by atoms with Crippen molar-refractivity contribution < 1.29 is 0 Å². The topological polar surface area (TPSA) is 12.4 Å². The van der Waals surface area contributed by atoms with Crippen LogP contribution in [0.5, 0.6) is 0 Å². The minimum absolute atomic E-state index is 0.921. The van der Waals surface area contributed by atoms with E-state index in [0.717, 1.165) is 11.8 Å². The summed E-state index contributed by atoms with van der Waals surface area (Å²) >= 11 is 2.29. The van der Waals surface area contributed by atoms with Crippen molar-refractivity contribution in [1.82, 2.24) is 0 Å². The van der Waals surface area contributed by atoms with E-state index in [-0.39, 0.29) is 0 Å². The van der Waals surface area contributed by atoms with E-state index in [1.165, 1.54) is 44.2 Å². The molecular formula is C13H27NSSi. The lowest BCUT2D eigenvalue weighted by Gasteiger charge is -2.28. The molecule has 0 aromatic heterocycles. The molecule has 0 spiro atoms. The Morgan fingerprint density at radius 3 is 2.38 bits per heavy atom. The van der Waals surface area contributed by atoms with Gasteiger partial charge in [-0.25, -0.2) is 0 Å². The highest BCUT2D eigenvalue weighted by atomic mass is 32.4. The van der Waals surface area contributed by atoms with Gasteiger partial charge in [0.05, 0.1) is 0 Å². The average molecular weight is 258 g/mol. The molecule has 1 rings (SSSR count). The molecule has 0 amide bonds. The van der Waals surface area contributed by atoms with E-state index in [1.54, 1.807) is 0 Å². The van der Waals surface area contributed by atoms with E-state index in [0.29, 0.717) is 0 Å². The normalized spacial score (nSPS) is 22.2. The largest absolute Gasteiger partial charge is 0.294 e. The van der Waals surface area contributed by atoms with Gasteiger partial charge in [-0.05, 0) is 37.4 Å². The second kappa shape index (κ2) is 6.85. The third-order valence-corrected chi connectivity index (χ3v) is 7.51. The zero-order valence-electron chi connectivity index (χ0n) is 11.4. The molecule has 0 atom stereocenters. The third kappa shape index (κ3) is 6.09. The summed E-state index contributed by atoms with van der Waals surface area (Å²) in [4.78, 5) is 4.72. The van der Waals surface area contributed by atoms with Gasteiger partial charge < -0.3 is 0 Å². The molecule has 3 heteroatoms. The zero-order chi connectivity index (χ0) is 12.0. The highest BCUT2D eigenvalue weighted by Crippen LogP contribution is 2.33. The van der Waals surface area contributed by atoms with Gasteiger partial charge in [-0.15, -0.1) is 0 Å². The van der Waals surface area contributed by atoms with Gasteiger partial charge in [0.15, 0.2) is 0 Å². The number of nitrogens with zero attached hydrogens (tertiary/aromatic N) is 1. The van der Waals surface area contributed by atoms with E-state index in [4.69, 9.17) is 4.99 Å². The minimum Gasteiger partial charge on any atom is -0.294 e. The Morgan fingerprint density at radius 1 is 1.25 bits per heavy atom. The average Bonchev–Trinajstić information content (AvgIpc) is 2.19. The summed E-state index contributed by atoms with van der Waals surface area (Å²) in [5, 5.41) is 0.928. The molecule has 94 valence electrons. The maximum absolute atomic E-state index is 4.72. The lowest BCUT2D eigenvalue weighted by Crippen LogP contribution is -2.24. The molecule has 0 radical (unpaired) electrons. The number of hydrogen-bond acceptors (Lipinski definition) is 2. The lowest BCUT2D eigenvalue weighted by atomic mass is 9.98. The molecule has 1 nitrogen and oxygen atoms in total. The first kappa shape index (κ1) is 14.3. The number of hydrogen-bond donors (Lipinski definition) is 0. The SMILES string of the molecule is CCCCN=C1CCC(S[Si](C)(C)C)CC1. The van der Waals surface area contributed by atoms with Crippen molar-refractivity contribution >= 4 is 24.1 Å². The fourth-order valence-corrected chi connectivity index (χ4v) is 7.27. The van der Waals surface area contributed by atoms with Crippen LogP contribution in [0.3, 0.4) is 0 Å². The van der Waals surface area contributed by atoms with Gasteiger partial charge in [0.25, 0.3) is 0 Å². The van der Waals surface area contributed by atoms with E-state index in [9.17, 15) is 0 Å². The van der Waals surface area contributed by atoms with E-state index >= 15 is 0 Å². The Kier molecular flexibility index (Phi) is 6.12. The van der Waals surface area contributed by atoms with E-state index in [2.05, 4.69) is 37.8 Å². The fourth-order valence-electron chi connectivity index (χ4n) is 2.10. The quantitative estimate of drug-likeness (QED) is 0.512. The molecule has 0 unspecified atom stereocenters. The Morgan fingerprint density at radius 2 is 1.88 bits per heavy atom. The Balaban J connectivity index is 2.26. The van der Waals surface area contributed by atoms with Crippen LogP contribution >= 0.6 is 11.2 Å². The van der Waals surface area contributed by atoms with Crippen molar-refractivity contribution in [3.63, 3.8) is 0 Å². The van der Waals surface area contributed by atoms with Gasteiger partial charge in [-0.3, -0.25) is 4.99 Å². The van der Waals surface area contributed by atoms with Gasteiger partial charge >= 0.3 is 0 Å². The molecule has 1 aliphatic rings. The Labute approximate surface area is 106 Å². The summed E-state index contributed by atoms with van der Waals surface area (Å²) in [6.07, 6.45) is 7.82. The molecule has 1 fully saturated rings. The first-order valence-corrected chi connectivity index (χ1v) is 11.8. The molecule has 1 saturated carbocycles. The summed E-state index contributed by atoms with van der Waals surface area (Å²) in [6.45, 7) is 10.7. The molecule has 0 aromatic rings. The van der Waals surface area contributed by atoms with Crippen LogP contribution in [0, 0.1) is 0 Å². The summed E-state index contributed by atoms with van der Waals surface area (Å²) in [5.41, 5.74) is 1.50. The molecule has 0 saturated heterocycles. The van der Waals surface area contributed by atoms with Crippen LogP contribution in [0.15, 0.2) is 4.99 Å². The summed E-state index contributed by atoms with van der Waals surface area (Å²) in [5.74, 6) is 0. The van der Waals surface area contributed by atoms with E-state index < -0.39 is 7.22 Å². The van der Waals surface area contributed by atoms with Crippen LogP contribution in [0.25, 0.3) is 0 Å². The number of rotatable bonds is 5. The van der Waals surface area contributed by atoms with E-state index in [1.807, 2.05) is 0 Å². The molecule has 16 heavy (non-hydrogen) atoms. The van der Waals surface area contributed by atoms with Crippen molar-refractivity contribution in [2.24, 2.45) is 4.99 Å². The van der Waals surface area contributed by atoms with Crippen LogP contribution in [0.4, 0.5) is 0 Å². The van der Waals surface area contributed by atoms with Crippen molar-refractivity contribution in [1.29, 1.82) is 0 Å². The second-order valence-electron chi connectivity index (χ2n) is 5.73. The van der Waals surface area contributed by atoms with Gasteiger partial charge in [-0.2, -0.15) is 11.2 Å². The third-order valence-electron chi connectivity index (χ3n) is 2.88. The smallest absolute Gasteiger partial charge is 0.108 e. The number of aliphatic imine (C=N–C) groups is 1. The fraction of sp³-hybridized carbons (Fsp3) is 0.923. The minimum atomic E-state index is -0.921. The molecule has 0 heterocycles. The predicted octanol–water partition coefficient (Wildman–Crippen LogP) is 4.74. The van der Waals surface area contributed by atoms with Crippen LogP contribution < -0.4 is 0 Å². The first-order chi connectivity index (χ1) is 7.51. The molecular weight excluding hydrogens is 230 g/mol. The zero-order valence-corrected chi connectivity index (χ0v) is 13.2. The Hall–Kier alpha value is 0.237. The standard InChI is InChI=1S/C13H27NSSi/c1-5-6-11-14-12-7-9-13(10-8-12)15-16(2,3)4/h13H,5-11H2,1-4H3. The van der Waals surface area contributed by atoms with Crippen molar-refractivity contribution in [3.05, 3.63) is 0 Å². The monoisotopic (exact) mass is 257 g/mol. The van der Waals surface area contributed by atoms with Gasteiger partial charge in [0.1, 0.15) is 7.22 Å². The first-order valence-electron chi connectivity index (χ1n) is 6.71. The molecule has 0 aliphatic heterocycles. The lowest BCUT2D eigenvalue weighted by molar-refractivity contribution is 0.679. The molecule has 0 bridgehead atoms. The maximum Gasteiger partial charge on any atom is 0.108 e. The predicted molar refractivity (Wildman–Crippen MR) is 80.4 cm³/mol. The molecule has 0 aromatic carbocycles. The summed E-state index contributed by atoms with van der Waals surface area (Å²) < 4.78 is 0. The van der Waals surface area contributed by atoms with Crippen molar-refractivity contribution in [2.45, 2.75) is 70.3 Å². The van der Waals surface area contributed by atoms with Gasteiger partial charge in [0.2, 0.25) is 0 Å². The maximum atomic E-state index is 4.72. The van der Waals surface area contributed by atoms with Crippen LogP contribution in [0.1, 0.15) is 45.4 Å². The van der Waals surface area contributed by atoms with Crippen molar-refractivity contribution in [3.8, 4) is 0 Å². The summed E-state index contributed by atoms with van der Waals surface area (Å²) in [6, 6.07) is 0.